The minimum atomic E-state index is -0.724. The van der Waals surface area contributed by atoms with E-state index in [2.05, 4.69) is 15.9 Å². The maximum absolute atomic E-state index is 14.3. The molecule has 1 aromatic rings. The van der Waals surface area contributed by atoms with Gasteiger partial charge in [0.25, 0.3) is 0 Å². The van der Waals surface area contributed by atoms with E-state index in [0.717, 1.165) is 19.3 Å². The standard InChI is InChI=1S/C13H16BrF2NO/c1-18-12-10(15)8(7-9(14)11(12)16)13(17)5-3-2-4-6-13/h7H,2-6,17H2,1H3. The van der Waals surface area contributed by atoms with Gasteiger partial charge in [0.2, 0.25) is 0 Å². The first-order valence-corrected chi connectivity index (χ1v) is 6.80. The molecule has 2 rings (SSSR count). The highest BCUT2D eigenvalue weighted by Gasteiger charge is 2.34. The summed E-state index contributed by atoms with van der Waals surface area (Å²) in [5.74, 6) is -1.77. The number of rotatable bonds is 2. The molecular weight excluding hydrogens is 304 g/mol. The van der Waals surface area contributed by atoms with Gasteiger partial charge >= 0.3 is 0 Å². The van der Waals surface area contributed by atoms with Crippen LogP contribution in [0.1, 0.15) is 37.7 Å². The van der Waals surface area contributed by atoms with E-state index in [1.54, 1.807) is 0 Å². The summed E-state index contributed by atoms with van der Waals surface area (Å²) >= 11 is 3.09. The average molecular weight is 320 g/mol. The predicted molar refractivity (Wildman–Crippen MR) is 69.6 cm³/mol. The maximum Gasteiger partial charge on any atom is 0.191 e. The Bertz CT molecular complexity index is 459. The van der Waals surface area contributed by atoms with E-state index in [-0.39, 0.29) is 10.2 Å². The van der Waals surface area contributed by atoms with Gasteiger partial charge in [-0.2, -0.15) is 0 Å². The second-order valence-electron chi connectivity index (χ2n) is 4.78. The zero-order chi connectivity index (χ0) is 13.3. The average Bonchev–Trinajstić information content (AvgIpc) is 2.35. The van der Waals surface area contributed by atoms with Crippen LogP contribution in [0.15, 0.2) is 10.5 Å². The topological polar surface area (TPSA) is 35.2 Å². The number of ether oxygens (including phenoxy) is 1. The first kappa shape index (κ1) is 13.7. The normalized spacial score (nSPS) is 18.7. The molecule has 100 valence electrons. The molecule has 1 aliphatic carbocycles. The third-order valence-corrected chi connectivity index (χ3v) is 4.18. The van der Waals surface area contributed by atoms with Crippen molar-refractivity contribution in [3.63, 3.8) is 0 Å². The number of nitrogens with two attached hydrogens (primary N) is 1. The first-order chi connectivity index (χ1) is 8.49. The SMILES string of the molecule is COc1c(F)c(Br)cc(C2(N)CCCCC2)c1F. The molecule has 2 N–H and O–H groups in total. The van der Waals surface area contributed by atoms with Crippen LogP contribution < -0.4 is 10.5 Å². The Hall–Kier alpha value is -0.680. The Labute approximate surface area is 114 Å². The third kappa shape index (κ3) is 2.26. The van der Waals surface area contributed by atoms with Crippen molar-refractivity contribution in [3.8, 4) is 5.75 Å². The van der Waals surface area contributed by atoms with E-state index >= 15 is 0 Å². The molecule has 1 fully saturated rings. The van der Waals surface area contributed by atoms with Gasteiger partial charge in [-0.3, -0.25) is 0 Å². The lowest BCUT2D eigenvalue weighted by molar-refractivity contribution is 0.284. The molecule has 18 heavy (non-hydrogen) atoms. The number of methoxy groups -OCH3 is 1. The summed E-state index contributed by atoms with van der Waals surface area (Å²) in [5, 5.41) is 0. The van der Waals surface area contributed by atoms with Crippen LogP contribution in [0.4, 0.5) is 8.78 Å². The van der Waals surface area contributed by atoms with Crippen molar-refractivity contribution < 1.29 is 13.5 Å². The second-order valence-corrected chi connectivity index (χ2v) is 5.64. The van der Waals surface area contributed by atoms with Crippen LogP contribution in [-0.2, 0) is 5.54 Å². The highest BCUT2D eigenvalue weighted by Crippen LogP contribution is 2.41. The van der Waals surface area contributed by atoms with Crippen molar-refractivity contribution >= 4 is 15.9 Å². The molecule has 0 atom stereocenters. The minimum absolute atomic E-state index is 0.186. The van der Waals surface area contributed by atoms with Crippen LogP contribution in [0.25, 0.3) is 0 Å². The fourth-order valence-electron chi connectivity index (χ4n) is 2.57. The van der Waals surface area contributed by atoms with Gasteiger partial charge in [-0.05, 0) is 34.8 Å². The van der Waals surface area contributed by atoms with Crippen LogP contribution in [0.5, 0.6) is 5.75 Å². The number of hydrogen-bond donors (Lipinski definition) is 1. The fourth-order valence-corrected chi connectivity index (χ4v) is 2.98. The Balaban J connectivity index is 2.53. The van der Waals surface area contributed by atoms with Crippen LogP contribution >= 0.6 is 15.9 Å². The Morgan fingerprint density at radius 1 is 1.22 bits per heavy atom. The van der Waals surface area contributed by atoms with Crippen LogP contribution in [0.2, 0.25) is 0 Å². The summed E-state index contributed by atoms with van der Waals surface area (Å²) < 4.78 is 32.9. The van der Waals surface area contributed by atoms with Gasteiger partial charge in [-0.1, -0.05) is 19.3 Å². The summed E-state index contributed by atoms with van der Waals surface area (Å²) in [6.07, 6.45) is 4.47. The molecule has 1 saturated carbocycles. The molecule has 0 aliphatic heterocycles. The lowest BCUT2D eigenvalue weighted by atomic mass is 9.77. The van der Waals surface area contributed by atoms with Crippen LogP contribution in [0, 0.1) is 11.6 Å². The Morgan fingerprint density at radius 3 is 2.39 bits per heavy atom. The molecular formula is C13H16BrF2NO. The third-order valence-electron chi connectivity index (χ3n) is 3.60. The molecule has 0 spiro atoms. The van der Waals surface area contributed by atoms with Crippen LogP contribution in [-0.4, -0.2) is 7.11 Å². The van der Waals surface area contributed by atoms with E-state index < -0.39 is 17.2 Å². The van der Waals surface area contributed by atoms with Gasteiger partial charge in [-0.15, -0.1) is 0 Å². The van der Waals surface area contributed by atoms with Crippen molar-refractivity contribution in [1.29, 1.82) is 0 Å². The number of hydrogen-bond acceptors (Lipinski definition) is 2. The van der Waals surface area contributed by atoms with Crippen LogP contribution in [0.3, 0.4) is 0 Å². The van der Waals surface area contributed by atoms with Crippen molar-refractivity contribution in [2.45, 2.75) is 37.6 Å². The largest absolute Gasteiger partial charge is 0.491 e. The monoisotopic (exact) mass is 319 g/mol. The van der Waals surface area contributed by atoms with E-state index in [0.29, 0.717) is 18.4 Å². The number of halogens is 3. The summed E-state index contributed by atoms with van der Waals surface area (Å²) in [4.78, 5) is 0. The highest BCUT2D eigenvalue weighted by molar-refractivity contribution is 9.10. The Kier molecular flexibility index (Phi) is 3.92. The first-order valence-electron chi connectivity index (χ1n) is 6.00. The van der Waals surface area contributed by atoms with Gasteiger partial charge in [0.1, 0.15) is 0 Å². The lowest BCUT2D eigenvalue weighted by Gasteiger charge is -2.34. The zero-order valence-corrected chi connectivity index (χ0v) is 11.8. The minimum Gasteiger partial charge on any atom is -0.491 e. The fraction of sp³-hybridized carbons (Fsp3) is 0.538. The molecule has 2 nitrogen and oxygen atoms in total. The molecule has 0 unspecified atom stereocenters. The molecule has 0 aromatic heterocycles. The Morgan fingerprint density at radius 2 is 1.83 bits per heavy atom. The maximum atomic E-state index is 14.3. The molecule has 0 saturated heterocycles. The van der Waals surface area contributed by atoms with Gasteiger partial charge in [-0.25, -0.2) is 8.78 Å². The molecule has 0 radical (unpaired) electrons. The van der Waals surface area contributed by atoms with Gasteiger partial charge < -0.3 is 10.5 Å². The van der Waals surface area contributed by atoms with E-state index in [1.807, 2.05) is 0 Å². The van der Waals surface area contributed by atoms with E-state index in [4.69, 9.17) is 10.5 Å². The van der Waals surface area contributed by atoms with Crippen molar-refractivity contribution in [2.24, 2.45) is 5.73 Å². The lowest BCUT2D eigenvalue weighted by Crippen LogP contribution is -2.39. The van der Waals surface area contributed by atoms with Crippen molar-refractivity contribution in [3.05, 3.63) is 27.7 Å². The quantitative estimate of drug-likeness (QED) is 0.840. The smallest absolute Gasteiger partial charge is 0.191 e. The summed E-state index contributed by atoms with van der Waals surface area (Å²) in [6, 6.07) is 1.44. The molecule has 0 bridgehead atoms. The molecule has 1 aliphatic rings. The predicted octanol–water partition coefficient (Wildman–Crippen LogP) is 3.85. The zero-order valence-electron chi connectivity index (χ0n) is 10.2. The summed E-state index contributed by atoms with van der Waals surface area (Å²) in [7, 11) is 1.25. The molecule has 0 heterocycles. The van der Waals surface area contributed by atoms with Gasteiger partial charge in [0.05, 0.1) is 11.6 Å². The number of benzene rings is 1. The van der Waals surface area contributed by atoms with Crippen molar-refractivity contribution in [2.75, 3.05) is 7.11 Å². The highest BCUT2D eigenvalue weighted by atomic mass is 79.9. The summed E-state index contributed by atoms with van der Waals surface area (Å²) in [5.41, 5.74) is 5.91. The summed E-state index contributed by atoms with van der Waals surface area (Å²) in [6.45, 7) is 0. The molecule has 0 amide bonds. The molecule has 1 aromatic carbocycles. The second kappa shape index (κ2) is 5.13. The van der Waals surface area contributed by atoms with Crippen molar-refractivity contribution in [1.82, 2.24) is 0 Å². The van der Waals surface area contributed by atoms with Gasteiger partial charge in [0.15, 0.2) is 17.4 Å². The van der Waals surface area contributed by atoms with E-state index in [1.165, 1.54) is 13.2 Å². The molecule has 5 heteroatoms. The van der Waals surface area contributed by atoms with Gasteiger partial charge in [0, 0.05) is 11.1 Å². The van der Waals surface area contributed by atoms with E-state index in [9.17, 15) is 8.78 Å².